The summed E-state index contributed by atoms with van der Waals surface area (Å²) in [6, 6.07) is 5.69. The summed E-state index contributed by atoms with van der Waals surface area (Å²) in [5.41, 5.74) is 0.818. The molecule has 0 bridgehead atoms. The van der Waals surface area contributed by atoms with E-state index in [4.69, 9.17) is 9.47 Å². The van der Waals surface area contributed by atoms with E-state index in [0.29, 0.717) is 6.61 Å². The van der Waals surface area contributed by atoms with E-state index in [2.05, 4.69) is 15.9 Å². The van der Waals surface area contributed by atoms with Gasteiger partial charge in [0.2, 0.25) is 0 Å². The standard InChI is InChI=1S/C13H17BrO3/c1-9(15)12-5-4-10(14)7-13(12)17-11-3-2-6-16-8-11/h4-5,7,9,11,15H,2-3,6,8H2,1H3/t9-,11?/m0/s1. The molecular weight excluding hydrogens is 284 g/mol. The van der Waals surface area contributed by atoms with E-state index in [0.717, 1.165) is 35.2 Å². The van der Waals surface area contributed by atoms with Crippen molar-refractivity contribution in [2.45, 2.75) is 32.0 Å². The lowest BCUT2D eigenvalue weighted by Crippen LogP contribution is -2.28. The van der Waals surface area contributed by atoms with Crippen LogP contribution < -0.4 is 4.74 Å². The number of ether oxygens (including phenoxy) is 2. The van der Waals surface area contributed by atoms with Crippen molar-refractivity contribution in [3.05, 3.63) is 28.2 Å². The van der Waals surface area contributed by atoms with Crippen LogP contribution in [0.5, 0.6) is 5.75 Å². The number of aliphatic hydroxyl groups is 1. The van der Waals surface area contributed by atoms with E-state index in [1.807, 2.05) is 18.2 Å². The molecule has 1 fully saturated rings. The van der Waals surface area contributed by atoms with Crippen LogP contribution >= 0.6 is 15.9 Å². The molecule has 0 radical (unpaired) electrons. The van der Waals surface area contributed by atoms with Crippen molar-refractivity contribution in [3.8, 4) is 5.75 Å². The fourth-order valence-corrected chi connectivity index (χ4v) is 2.28. The smallest absolute Gasteiger partial charge is 0.126 e. The fraction of sp³-hybridized carbons (Fsp3) is 0.538. The van der Waals surface area contributed by atoms with Gasteiger partial charge in [-0.05, 0) is 31.9 Å². The zero-order valence-corrected chi connectivity index (χ0v) is 11.4. The number of aliphatic hydroxyl groups excluding tert-OH is 1. The van der Waals surface area contributed by atoms with Crippen LogP contribution in [0.4, 0.5) is 0 Å². The highest BCUT2D eigenvalue weighted by Crippen LogP contribution is 2.30. The minimum absolute atomic E-state index is 0.0931. The van der Waals surface area contributed by atoms with Crippen LogP contribution in [-0.4, -0.2) is 24.4 Å². The molecule has 1 aliphatic heterocycles. The van der Waals surface area contributed by atoms with Crippen molar-refractivity contribution in [2.24, 2.45) is 0 Å². The fourth-order valence-electron chi connectivity index (χ4n) is 1.94. The second-order valence-electron chi connectivity index (χ2n) is 4.32. The van der Waals surface area contributed by atoms with Crippen LogP contribution in [-0.2, 0) is 4.74 Å². The molecule has 0 amide bonds. The van der Waals surface area contributed by atoms with Crippen molar-refractivity contribution in [1.82, 2.24) is 0 Å². The van der Waals surface area contributed by atoms with Gasteiger partial charge in [-0.15, -0.1) is 0 Å². The molecule has 4 heteroatoms. The predicted octanol–water partition coefficient (Wildman–Crippen LogP) is 3.06. The van der Waals surface area contributed by atoms with E-state index >= 15 is 0 Å². The van der Waals surface area contributed by atoms with Crippen LogP contribution in [0.25, 0.3) is 0 Å². The first-order valence-electron chi connectivity index (χ1n) is 5.88. The zero-order chi connectivity index (χ0) is 12.3. The molecule has 1 unspecified atom stereocenters. The second kappa shape index (κ2) is 5.85. The van der Waals surface area contributed by atoms with Crippen LogP contribution in [0.3, 0.4) is 0 Å². The number of hydrogen-bond donors (Lipinski definition) is 1. The molecule has 1 saturated heterocycles. The van der Waals surface area contributed by atoms with Gasteiger partial charge in [-0.2, -0.15) is 0 Å². The molecule has 1 N–H and O–H groups in total. The van der Waals surface area contributed by atoms with Gasteiger partial charge in [0.25, 0.3) is 0 Å². The SMILES string of the molecule is C[C@H](O)c1ccc(Br)cc1OC1CCCOC1. The van der Waals surface area contributed by atoms with Gasteiger partial charge in [0.15, 0.2) is 0 Å². The normalized spacial score (nSPS) is 22.2. The molecular formula is C13H17BrO3. The average molecular weight is 301 g/mol. The van der Waals surface area contributed by atoms with E-state index in [9.17, 15) is 5.11 Å². The maximum absolute atomic E-state index is 9.70. The molecule has 1 aromatic rings. The third-order valence-corrected chi connectivity index (χ3v) is 3.33. The molecule has 1 aliphatic rings. The lowest BCUT2D eigenvalue weighted by atomic mass is 10.1. The summed E-state index contributed by atoms with van der Waals surface area (Å²) in [6.45, 7) is 3.20. The van der Waals surface area contributed by atoms with Crippen molar-refractivity contribution in [1.29, 1.82) is 0 Å². The highest BCUT2D eigenvalue weighted by molar-refractivity contribution is 9.10. The van der Waals surface area contributed by atoms with Crippen LogP contribution in [0.2, 0.25) is 0 Å². The maximum atomic E-state index is 9.70. The molecule has 1 aromatic carbocycles. The Labute approximate surface area is 110 Å². The van der Waals surface area contributed by atoms with Crippen molar-refractivity contribution >= 4 is 15.9 Å². The third kappa shape index (κ3) is 3.44. The molecule has 1 heterocycles. The van der Waals surface area contributed by atoms with Gasteiger partial charge in [-0.25, -0.2) is 0 Å². The summed E-state index contributed by atoms with van der Waals surface area (Å²) in [5.74, 6) is 0.741. The predicted molar refractivity (Wildman–Crippen MR) is 69.2 cm³/mol. The van der Waals surface area contributed by atoms with Crippen LogP contribution in [0.1, 0.15) is 31.4 Å². The minimum Gasteiger partial charge on any atom is -0.488 e. The van der Waals surface area contributed by atoms with Crippen LogP contribution in [0.15, 0.2) is 22.7 Å². The van der Waals surface area contributed by atoms with Gasteiger partial charge >= 0.3 is 0 Å². The van der Waals surface area contributed by atoms with Gasteiger partial charge in [0, 0.05) is 16.6 Å². The molecule has 2 rings (SSSR count). The minimum atomic E-state index is -0.525. The largest absolute Gasteiger partial charge is 0.488 e. The summed E-state index contributed by atoms with van der Waals surface area (Å²) in [4.78, 5) is 0. The highest BCUT2D eigenvalue weighted by Gasteiger charge is 2.18. The summed E-state index contributed by atoms with van der Waals surface area (Å²) in [6.07, 6.45) is 1.60. The number of halogens is 1. The molecule has 3 nitrogen and oxygen atoms in total. The molecule has 0 aliphatic carbocycles. The zero-order valence-electron chi connectivity index (χ0n) is 9.86. The highest BCUT2D eigenvalue weighted by atomic mass is 79.9. The molecule has 0 saturated carbocycles. The summed E-state index contributed by atoms with van der Waals surface area (Å²) >= 11 is 3.42. The van der Waals surface area contributed by atoms with Crippen molar-refractivity contribution < 1.29 is 14.6 Å². The van der Waals surface area contributed by atoms with Gasteiger partial charge in [0.1, 0.15) is 11.9 Å². The molecule has 0 spiro atoms. The molecule has 0 aromatic heterocycles. The average Bonchev–Trinajstić information content (AvgIpc) is 2.30. The van der Waals surface area contributed by atoms with Gasteiger partial charge in [0.05, 0.1) is 12.7 Å². The lowest BCUT2D eigenvalue weighted by molar-refractivity contribution is 0.00611. The topological polar surface area (TPSA) is 38.7 Å². The number of hydrogen-bond acceptors (Lipinski definition) is 3. The summed E-state index contributed by atoms with van der Waals surface area (Å²) in [7, 11) is 0. The Bertz CT molecular complexity index is 373. The van der Waals surface area contributed by atoms with Crippen LogP contribution in [0, 0.1) is 0 Å². The first-order valence-corrected chi connectivity index (χ1v) is 6.68. The Morgan fingerprint density at radius 2 is 2.35 bits per heavy atom. The monoisotopic (exact) mass is 300 g/mol. The Hall–Kier alpha value is -0.580. The Morgan fingerprint density at radius 1 is 1.53 bits per heavy atom. The first kappa shape index (κ1) is 12.9. The summed E-state index contributed by atoms with van der Waals surface area (Å²) < 4.78 is 12.3. The van der Waals surface area contributed by atoms with Gasteiger partial charge < -0.3 is 14.6 Å². The number of rotatable bonds is 3. The first-order chi connectivity index (χ1) is 8.16. The maximum Gasteiger partial charge on any atom is 0.126 e. The van der Waals surface area contributed by atoms with Gasteiger partial charge in [-0.3, -0.25) is 0 Å². The molecule has 17 heavy (non-hydrogen) atoms. The van der Waals surface area contributed by atoms with Crippen molar-refractivity contribution in [2.75, 3.05) is 13.2 Å². The quantitative estimate of drug-likeness (QED) is 0.932. The van der Waals surface area contributed by atoms with E-state index < -0.39 is 6.10 Å². The Morgan fingerprint density at radius 3 is 3.00 bits per heavy atom. The molecule has 2 atom stereocenters. The Kier molecular flexibility index (Phi) is 4.42. The van der Waals surface area contributed by atoms with E-state index in [1.54, 1.807) is 6.92 Å². The lowest BCUT2D eigenvalue weighted by Gasteiger charge is -2.25. The third-order valence-electron chi connectivity index (χ3n) is 2.84. The van der Waals surface area contributed by atoms with E-state index in [-0.39, 0.29) is 6.10 Å². The van der Waals surface area contributed by atoms with Gasteiger partial charge in [-0.1, -0.05) is 22.0 Å². The Balaban J connectivity index is 2.14. The van der Waals surface area contributed by atoms with E-state index in [1.165, 1.54) is 0 Å². The summed E-state index contributed by atoms with van der Waals surface area (Å²) in [5, 5.41) is 9.70. The van der Waals surface area contributed by atoms with Crippen molar-refractivity contribution in [3.63, 3.8) is 0 Å². The number of benzene rings is 1. The molecule has 94 valence electrons. The second-order valence-corrected chi connectivity index (χ2v) is 5.23.